The van der Waals surface area contributed by atoms with E-state index in [1.54, 1.807) is 0 Å². The Morgan fingerprint density at radius 1 is 1.03 bits per heavy atom. The molecule has 2 aromatic carbocycles. The largest absolute Gasteiger partial charge is 0.611 e. The second kappa shape index (κ2) is 8.84. The van der Waals surface area contributed by atoms with Gasteiger partial charge < -0.3 is 9.45 Å². The van der Waals surface area contributed by atoms with E-state index in [0.717, 1.165) is 36.4 Å². The molecular formula is C19H17F7N2OS. The molecule has 0 saturated carbocycles. The molecule has 0 N–H and O–H groups in total. The summed E-state index contributed by atoms with van der Waals surface area (Å²) in [5.41, 5.74) is -0.966. The van der Waals surface area contributed by atoms with Crippen LogP contribution in [0.3, 0.4) is 0 Å². The second-order valence-electron chi connectivity index (χ2n) is 6.58. The van der Waals surface area contributed by atoms with Crippen LogP contribution in [0.5, 0.6) is 0 Å². The Balaban J connectivity index is 2.50. The number of amidine groups is 1. The zero-order chi connectivity index (χ0) is 22.9. The molecule has 11 heteroatoms. The average Bonchev–Trinajstić information content (AvgIpc) is 2.58. The Morgan fingerprint density at radius 3 is 2.07 bits per heavy atom. The van der Waals surface area contributed by atoms with Gasteiger partial charge in [-0.05, 0) is 36.3 Å². The Kier molecular flexibility index (Phi) is 7.08. The Labute approximate surface area is 171 Å². The standard InChI is InChI=1S/C19H17F7N2OS/c1-11-8-14(20)15(9-16(11)30(29)10-18(21,22)23)27-17(28(2)3)12-4-6-13(7-5-12)19(24,25)26/h4-9H,10H2,1-3H3/b27-17+. The minimum atomic E-state index is -4.68. The average molecular weight is 454 g/mol. The minimum absolute atomic E-state index is 0.0648. The van der Waals surface area contributed by atoms with Gasteiger partial charge in [0.05, 0.1) is 5.56 Å². The van der Waals surface area contributed by atoms with E-state index in [0.29, 0.717) is 0 Å². The van der Waals surface area contributed by atoms with E-state index in [2.05, 4.69) is 4.99 Å². The summed E-state index contributed by atoms with van der Waals surface area (Å²) in [4.78, 5) is 5.26. The van der Waals surface area contributed by atoms with Crippen molar-refractivity contribution in [2.75, 3.05) is 19.8 Å². The fraction of sp³-hybridized carbons (Fsp3) is 0.316. The molecule has 164 valence electrons. The van der Waals surface area contributed by atoms with Crippen LogP contribution in [0, 0.1) is 12.7 Å². The van der Waals surface area contributed by atoms with Crippen LogP contribution in [0.1, 0.15) is 16.7 Å². The van der Waals surface area contributed by atoms with Gasteiger partial charge in [-0.3, -0.25) is 0 Å². The van der Waals surface area contributed by atoms with E-state index in [1.165, 1.54) is 25.9 Å². The zero-order valence-corrected chi connectivity index (χ0v) is 16.8. The summed E-state index contributed by atoms with van der Waals surface area (Å²) in [6.07, 6.45) is -9.21. The van der Waals surface area contributed by atoms with E-state index in [9.17, 15) is 35.3 Å². The van der Waals surface area contributed by atoms with Gasteiger partial charge in [-0.25, -0.2) is 9.38 Å². The van der Waals surface area contributed by atoms with Gasteiger partial charge in [0.2, 0.25) is 5.75 Å². The summed E-state index contributed by atoms with van der Waals surface area (Å²) in [5, 5.41) is 0. The molecule has 3 nitrogen and oxygen atoms in total. The molecule has 0 aliphatic heterocycles. The first-order valence-corrected chi connectivity index (χ1v) is 9.70. The maximum Gasteiger partial charge on any atom is 0.433 e. The Morgan fingerprint density at radius 2 is 1.60 bits per heavy atom. The smallest absolute Gasteiger partial charge is 0.433 e. The summed E-state index contributed by atoms with van der Waals surface area (Å²) in [6, 6.07) is 5.85. The summed E-state index contributed by atoms with van der Waals surface area (Å²) in [6.45, 7) is 1.32. The third-order valence-corrected chi connectivity index (χ3v) is 5.42. The molecule has 1 unspecified atom stereocenters. The molecule has 0 aliphatic carbocycles. The van der Waals surface area contributed by atoms with Crippen LogP contribution >= 0.6 is 0 Å². The molecule has 0 aliphatic rings. The number of halogens is 7. The quantitative estimate of drug-likeness (QED) is 0.266. The van der Waals surface area contributed by atoms with Crippen molar-refractivity contribution >= 4 is 22.7 Å². The van der Waals surface area contributed by atoms with Crippen molar-refractivity contribution < 1.29 is 35.3 Å². The molecule has 0 aromatic heterocycles. The van der Waals surface area contributed by atoms with E-state index in [1.807, 2.05) is 0 Å². The number of hydrogen-bond donors (Lipinski definition) is 0. The second-order valence-corrected chi connectivity index (χ2v) is 8.00. The maximum absolute atomic E-state index is 14.4. The van der Waals surface area contributed by atoms with Gasteiger partial charge in [-0.1, -0.05) is 12.1 Å². The number of hydrogen-bond acceptors (Lipinski definition) is 2. The predicted molar refractivity (Wildman–Crippen MR) is 99.8 cm³/mol. The van der Waals surface area contributed by atoms with Crippen molar-refractivity contribution in [1.29, 1.82) is 0 Å². The molecule has 1 atom stereocenters. The highest BCUT2D eigenvalue weighted by molar-refractivity contribution is 7.91. The van der Waals surface area contributed by atoms with Crippen LogP contribution in [0.4, 0.5) is 36.4 Å². The van der Waals surface area contributed by atoms with Gasteiger partial charge in [0, 0.05) is 31.3 Å². The number of rotatable bonds is 4. The topological polar surface area (TPSA) is 38.7 Å². The minimum Gasteiger partial charge on any atom is -0.611 e. The van der Waals surface area contributed by atoms with E-state index < -0.39 is 40.7 Å². The van der Waals surface area contributed by atoms with Gasteiger partial charge in [0.25, 0.3) is 0 Å². The van der Waals surface area contributed by atoms with Crippen LogP contribution in [0.2, 0.25) is 0 Å². The van der Waals surface area contributed by atoms with Crippen LogP contribution in [-0.4, -0.2) is 41.3 Å². The van der Waals surface area contributed by atoms with Gasteiger partial charge in [0.1, 0.15) is 17.3 Å². The van der Waals surface area contributed by atoms with Crippen LogP contribution in [-0.2, 0) is 17.4 Å². The lowest BCUT2D eigenvalue weighted by molar-refractivity contribution is -0.137. The molecule has 2 rings (SSSR count). The number of aliphatic imine (C=N–C) groups is 1. The van der Waals surface area contributed by atoms with Crippen LogP contribution < -0.4 is 0 Å². The molecule has 0 saturated heterocycles. The summed E-state index contributed by atoms with van der Waals surface area (Å²) in [7, 11) is 3.04. The number of aryl methyl sites for hydroxylation is 1. The first-order chi connectivity index (χ1) is 13.7. The van der Waals surface area contributed by atoms with Crippen molar-refractivity contribution in [3.8, 4) is 0 Å². The SMILES string of the molecule is Cc1cc(F)c(/N=C(\c2ccc(C(F)(F)F)cc2)N(C)C)cc1[S+]([O-])CC(F)(F)F. The molecule has 0 fully saturated rings. The monoisotopic (exact) mass is 454 g/mol. The fourth-order valence-electron chi connectivity index (χ4n) is 2.54. The van der Waals surface area contributed by atoms with E-state index in [4.69, 9.17) is 0 Å². The zero-order valence-electron chi connectivity index (χ0n) is 16.0. The van der Waals surface area contributed by atoms with Gasteiger partial charge in [0.15, 0.2) is 4.90 Å². The number of alkyl halides is 6. The molecule has 0 bridgehead atoms. The maximum atomic E-state index is 14.4. The first-order valence-electron chi connectivity index (χ1n) is 8.38. The highest BCUT2D eigenvalue weighted by atomic mass is 32.2. The van der Waals surface area contributed by atoms with E-state index >= 15 is 0 Å². The lowest BCUT2D eigenvalue weighted by atomic mass is 10.1. The van der Waals surface area contributed by atoms with E-state index in [-0.39, 0.29) is 27.5 Å². The first kappa shape index (κ1) is 24.0. The van der Waals surface area contributed by atoms with Crippen molar-refractivity contribution in [2.24, 2.45) is 4.99 Å². The van der Waals surface area contributed by atoms with Gasteiger partial charge in [-0.15, -0.1) is 0 Å². The van der Waals surface area contributed by atoms with Gasteiger partial charge >= 0.3 is 12.4 Å². The normalized spacial score (nSPS) is 14.0. The molecule has 0 radical (unpaired) electrons. The fourth-order valence-corrected chi connectivity index (χ4v) is 3.66. The van der Waals surface area contributed by atoms with Crippen molar-refractivity contribution in [3.63, 3.8) is 0 Å². The highest BCUT2D eigenvalue weighted by Gasteiger charge is 2.36. The highest BCUT2D eigenvalue weighted by Crippen LogP contribution is 2.31. The van der Waals surface area contributed by atoms with Crippen molar-refractivity contribution in [2.45, 2.75) is 24.2 Å². The van der Waals surface area contributed by atoms with Gasteiger partial charge in [-0.2, -0.15) is 26.3 Å². The van der Waals surface area contributed by atoms with Crippen molar-refractivity contribution in [1.82, 2.24) is 4.90 Å². The molecule has 0 spiro atoms. The third kappa shape index (κ3) is 6.11. The van der Waals surface area contributed by atoms with Crippen LogP contribution in [0.25, 0.3) is 0 Å². The van der Waals surface area contributed by atoms with Crippen LogP contribution in [0.15, 0.2) is 46.3 Å². The Bertz CT molecular complexity index is 922. The molecule has 2 aromatic rings. The van der Waals surface area contributed by atoms with Crippen molar-refractivity contribution in [3.05, 3.63) is 58.9 Å². The summed E-state index contributed by atoms with van der Waals surface area (Å²) >= 11 is -2.47. The lowest BCUT2D eigenvalue weighted by Gasteiger charge is -2.18. The summed E-state index contributed by atoms with van der Waals surface area (Å²) in [5.74, 6) is -2.40. The molecule has 30 heavy (non-hydrogen) atoms. The molecule has 0 heterocycles. The number of benzene rings is 2. The number of nitrogens with zero attached hydrogens (tertiary/aromatic N) is 2. The molecule has 0 amide bonds. The molecular weight excluding hydrogens is 437 g/mol. The predicted octanol–water partition coefficient (Wildman–Crippen LogP) is 5.46. The summed E-state index contributed by atoms with van der Waals surface area (Å²) < 4.78 is 102. The lowest BCUT2D eigenvalue weighted by Crippen LogP contribution is -2.24. The Hall–Kier alpha value is -2.27. The third-order valence-electron chi connectivity index (χ3n) is 3.90.